The first-order valence-electron chi connectivity index (χ1n) is 6.60. The number of nitrogens with one attached hydrogen (secondary N) is 1. The van der Waals surface area contributed by atoms with E-state index in [0.717, 1.165) is 11.5 Å². The van der Waals surface area contributed by atoms with Gasteiger partial charge in [-0.1, -0.05) is 19.0 Å². The standard InChI is InChI=1S/C13H22N4O3/c1-5-13(6-2,11(14)17-19)12(18)15-7-10-16-8(3)9(4)20-10/h19H,5-7H2,1-4H3,(H2,14,17)(H,15,18). The summed E-state index contributed by atoms with van der Waals surface area (Å²) in [7, 11) is 0. The Bertz CT molecular complexity index is 484. The van der Waals surface area contributed by atoms with E-state index in [0.29, 0.717) is 18.7 Å². The fourth-order valence-electron chi connectivity index (χ4n) is 2.09. The van der Waals surface area contributed by atoms with Crippen molar-refractivity contribution in [3.05, 3.63) is 17.3 Å². The highest BCUT2D eigenvalue weighted by Gasteiger charge is 2.39. The molecule has 0 radical (unpaired) electrons. The second kappa shape index (κ2) is 6.40. The van der Waals surface area contributed by atoms with Gasteiger partial charge >= 0.3 is 0 Å². The lowest BCUT2D eigenvalue weighted by Gasteiger charge is -2.28. The normalized spacial score (nSPS) is 12.5. The number of hydrogen-bond donors (Lipinski definition) is 3. The van der Waals surface area contributed by atoms with Crippen molar-refractivity contribution in [1.29, 1.82) is 0 Å². The smallest absolute Gasteiger partial charge is 0.234 e. The van der Waals surface area contributed by atoms with Gasteiger partial charge < -0.3 is 20.7 Å². The van der Waals surface area contributed by atoms with E-state index in [1.54, 1.807) is 0 Å². The van der Waals surface area contributed by atoms with E-state index in [9.17, 15) is 4.79 Å². The van der Waals surface area contributed by atoms with Crippen molar-refractivity contribution < 1.29 is 14.4 Å². The van der Waals surface area contributed by atoms with Gasteiger partial charge in [-0.05, 0) is 26.7 Å². The van der Waals surface area contributed by atoms with E-state index in [4.69, 9.17) is 15.4 Å². The highest BCUT2D eigenvalue weighted by atomic mass is 16.4. The summed E-state index contributed by atoms with van der Waals surface area (Å²) in [5, 5.41) is 14.6. The second-order valence-corrected chi connectivity index (χ2v) is 4.71. The van der Waals surface area contributed by atoms with Crippen LogP contribution in [-0.4, -0.2) is 21.9 Å². The van der Waals surface area contributed by atoms with Crippen LogP contribution in [0, 0.1) is 19.3 Å². The molecule has 0 unspecified atom stereocenters. The number of amidine groups is 1. The number of carbonyl (C=O) groups is 1. The average Bonchev–Trinajstić information content (AvgIpc) is 2.77. The van der Waals surface area contributed by atoms with Gasteiger partial charge in [-0.3, -0.25) is 4.79 Å². The lowest BCUT2D eigenvalue weighted by atomic mass is 9.80. The number of rotatable bonds is 6. The number of oxazole rings is 1. The molecule has 0 spiro atoms. The fourth-order valence-corrected chi connectivity index (χ4v) is 2.09. The first-order valence-corrected chi connectivity index (χ1v) is 6.60. The molecule has 1 aromatic rings. The fraction of sp³-hybridized carbons (Fsp3) is 0.615. The van der Waals surface area contributed by atoms with E-state index >= 15 is 0 Å². The molecule has 1 amide bonds. The first-order chi connectivity index (χ1) is 9.41. The number of nitrogens with two attached hydrogens (primary N) is 1. The summed E-state index contributed by atoms with van der Waals surface area (Å²) in [6.45, 7) is 7.46. The molecule has 0 atom stereocenters. The molecule has 0 saturated carbocycles. The molecular formula is C13H22N4O3. The SMILES string of the molecule is CCC(CC)(C(=O)NCc1nc(C)c(C)o1)C(N)=NO. The topological polar surface area (TPSA) is 114 Å². The Labute approximate surface area is 118 Å². The van der Waals surface area contributed by atoms with Crippen LogP contribution in [0.1, 0.15) is 44.0 Å². The highest BCUT2D eigenvalue weighted by molar-refractivity contribution is 6.06. The lowest BCUT2D eigenvalue weighted by molar-refractivity contribution is -0.128. The molecule has 0 aliphatic heterocycles. The number of hydrogen-bond acceptors (Lipinski definition) is 5. The monoisotopic (exact) mass is 282 g/mol. The molecule has 112 valence electrons. The van der Waals surface area contributed by atoms with Crippen LogP contribution in [0.3, 0.4) is 0 Å². The van der Waals surface area contributed by atoms with E-state index in [2.05, 4.69) is 15.5 Å². The van der Waals surface area contributed by atoms with Crippen LogP contribution >= 0.6 is 0 Å². The van der Waals surface area contributed by atoms with Crippen LogP contribution in [-0.2, 0) is 11.3 Å². The largest absolute Gasteiger partial charge is 0.444 e. The Morgan fingerprint density at radius 3 is 2.45 bits per heavy atom. The molecule has 0 aromatic carbocycles. The molecule has 7 heteroatoms. The van der Waals surface area contributed by atoms with Crippen molar-refractivity contribution >= 4 is 11.7 Å². The van der Waals surface area contributed by atoms with Gasteiger partial charge in [0.15, 0.2) is 5.84 Å². The second-order valence-electron chi connectivity index (χ2n) is 4.71. The summed E-state index contributed by atoms with van der Waals surface area (Å²) in [6.07, 6.45) is 0.879. The lowest BCUT2D eigenvalue weighted by Crippen LogP contribution is -2.49. The minimum Gasteiger partial charge on any atom is -0.444 e. The Balaban J connectivity index is 2.82. The van der Waals surface area contributed by atoms with Crippen LogP contribution in [0.5, 0.6) is 0 Å². The Morgan fingerprint density at radius 2 is 2.05 bits per heavy atom. The van der Waals surface area contributed by atoms with Crippen molar-refractivity contribution in [2.24, 2.45) is 16.3 Å². The maximum absolute atomic E-state index is 12.3. The number of aryl methyl sites for hydroxylation is 2. The molecule has 0 saturated heterocycles. The molecule has 4 N–H and O–H groups in total. The van der Waals surface area contributed by atoms with Gasteiger partial charge in [0.25, 0.3) is 0 Å². The maximum atomic E-state index is 12.3. The zero-order valence-corrected chi connectivity index (χ0v) is 12.4. The number of oxime groups is 1. The summed E-state index contributed by atoms with van der Waals surface area (Å²) in [4.78, 5) is 16.5. The average molecular weight is 282 g/mol. The summed E-state index contributed by atoms with van der Waals surface area (Å²) in [5.74, 6) is 0.781. The summed E-state index contributed by atoms with van der Waals surface area (Å²) in [6, 6.07) is 0. The predicted octanol–water partition coefficient (Wildman–Crippen LogP) is 1.46. The van der Waals surface area contributed by atoms with Gasteiger partial charge in [0.1, 0.15) is 11.2 Å². The van der Waals surface area contributed by atoms with E-state index in [-0.39, 0.29) is 18.3 Å². The van der Waals surface area contributed by atoms with E-state index < -0.39 is 5.41 Å². The minimum absolute atomic E-state index is 0.0836. The molecule has 0 aliphatic carbocycles. The maximum Gasteiger partial charge on any atom is 0.234 e. The van der Waals surface area contributed by atoms with Crippen molar-refractivity contribution in [3.63, 3.8) is 0 Å². The molecule has 0 aliphatic rings. The molecule has 7 nitrogen and oxygen atoms in total. The van der Waals surface area contributed by atoms with Crippen molar-refractivity contribution in [2.45, 2.75) is 47.1 Å². The van der Waals surface area contributed by atoms with E-state index in [1.165, 1.54) is 0 Å². The zero-order chi connectivity index (χ0) is 15.3. The Kier molecular flexibility index (Phi) is 5.12. The van der Waals surface area contributed by atoms with Crippen LogP contribution in [0.4, 0.5) is 0 Å². The highest BCUT2D eigenvalue weighted by Crippen LogP contribution is 2.27. The van der Waals surface area contributed by atoms with Crippen molar-refractivity contribution in [3.8, 4) is 0 Å². The van der Waals surface area contributed by atoms with Crippen LogP contribution < -0.4 is 11.1 Å². The number of amides is 1. The molecule has 1 rings (SSSR count). The summed E-state index contributed by atoms with van der Waals surface area (Å²) < 4.78 is 5.39. The zero-order valence-electron chi connectivity index (χ0n) is 12.4. The molecule has 20 heavy (non-hydrogen) atoms. The first kappa shape index (κ1) is 16.0. The van der Waals surface area contributed by atoms with Crippen LogP contribution in [0.2, 0.25) is 0 Å². The Hall–Kier alpha value is -2.05. The van der Waals surface area contributed by atoms with Crippen molar-refractivity contribution in [2.75, 3.05) is 0 Å². The van der Waals surface area contributed by atoms with Gasteiger partial charge in [0.05, 0.1) is 12.2 Å². The molecule has 0 fully saturated rings. The third-order valence-corrected chi connectivity index (χ3v) is 3.71. The van der Waals surface area contributed by atoms with Gasteiger partial charge in [-0.2, -0.15) is 0 Å². The van der Waals surface area contributed by atoms with E-state index in [1.807, 2.05) is 27.7 Å². The quantitative estimate of drug-likeness (QED) is 0.316. The molecular weight excluding hydrogens is 260 g/mol. The third-order valence-electron chi connectivity index (χ3n) is 3.71. The Morgan fingerprint density at radius 1 is 1.45 bits per heavy atom. The number of aromatic nitrogens is 1. The van der Waals surface area contributed by atoms with Gasteiger partial charge in [0, 0.05) is 0 Å². The number of nitrogens with zero attached hydrogens (tertiary/aromatic N) is 2. The summed E-state index contributed by atoms with van der Waals surface area (Å²) >= 11 is 0. The summed E-state index contributed by atoms with van der Waals surface area (Å²) in [5.41, 5.74) is 5.46. The number of carbonyl (C=O) groups excluding carboxylic acids is 1. The van der Waals surface area contributed by atoms with Crippen LogP contribution in [0.15, 0.2) is 9.57 Å². The van der Waals surface area contributed by atoms with Crippen LogP contribution in [0.25, 0.3) is 0 Å². The molecule has 1 aromatic heterocycles. The third kappa shape index (κ3) is 2.92. The molecule has 1 heterocycles. The van der Waals surface area contributed by atoms with Gasteiger partial charge in [-0.25, -0.2) is 4.98 Å². The van der Waals surface area contributed by atoms with Crippen molar-refractivity contribution in [1.82, 2.24) is 10.3 Å². The molecule has 0 bridgehead atoms. The van der Waals surface area contributed by atoms with Gasteiger partial charge in [0.2, 0.25) is 11.8 Å². The minimum atomic E-state index is -1.01. The predicted molar refractivity (Wildman–Crippen MR) is 74.2 cm³/mol. The van der Waals surface area contributed by atoms with Gasteiger partial charge in [-0.15, -0.1) is 0 Å².